The van der Waals surface area contributed by atoms with Gasteiger partial charge in [0.2, 0.25) is 0 Å². The predicted octanol–water partition coefficient (Wildman–Crippen LogP) is 3.80. The van der Waals surface area contributed by atoms with Gasteiger partial charge in [0.1, 0.15) is 0 Å². The zero-order valence-corrected chi connectivity index (χ0v) is 15.3. The lowest BCUT2D eigenvalue weighted by Crippen LogP contribution is -2.28. The lowest BCUT2D eigenvalue weighted by molar-refractivity contribution is 0.0952. The Bertz CT molecular complexity index is 631. The highest BCUT2D eigenvalue weighted by Gasteiger charge is 2.06. The van der Waals surface area contributed by atoms with Gasteiger partial charge in [-0.1, -0.05) is 42.5 Å². The number of hydrogen-bond acceptors (Lipinski definition) is 3. The van der Waals surface area contributed by atoms with Crippen LogP contribution in [0.25, 0.3) is 0 Å². The minimum absolute atomic E-state index is 0.0173. The molecule has 0 saturated carbocycles. The Hall–Kier alpha value is -1.78. The van der Waals surface area contributed by atoms with E-state index in [2.05, 4.69) is 53.9 Å². The van der Waals surface area contributed by atoms with Gasteiger partial charge in [-0.15, -0.1) is 0 Å². The molecule has 2 aromatic carbocycles. The maximum absolute atomic E-state index is 12.2. The molecule has 0 saturated heterocycles. The molecule has 0 fully saturated rings. The molecule has 0 heterocycles. The van der Waals surface area contributed by atoms with Crippen LogP contribution in [0.3, 0.4) is 0 Å². The quantitative estimate of drug-likeness (QED) is 0.704. The second-order valence-electron chi connectivity index (χ2n) is 5.97. The summed E-state index contributed by atoms with van der Waals surface area (Å²) < 4.78 is 0. The lowest BCUT2D eigenvalue weighted by atomic mass is 10.1. The highest BCUT2D eigenvalue weighted by molar-refractivity contribution is 7.97. The average molecular weight is 343 g/mol. The minimum Gasteiger partial charge on any atom is -0.352 e. The third kappa shape index (κ3) is 6.38. The fourth-order valence-corrected chi connectivity index (χ4v) is 3.11. The van der Waals surface area contributed by atoms with Gasteiger partial charge in [0, 0.05) is 24.4 Å². The number of carbonyl (C=O) groups is 1. The Morgan fingerprint density at radius 2 is 1.83 bits per heavy atom. The van der Waals surface area contributed by atoms with Crippen molar-refractivity contribution in [3.05, 3.63) is 71.3 Å². The monoisotopic (exact) mass is 342 g/mol. The summed E-state index contributed by atoms with van der Waals surface area (Å²) in [7, 11) is 2.11. The summed E-state index contributed by atoms with van der Waals surface area (Å²) >= 11 is 1.76. The molecule has 24 heavy (non-hydrogen) atoms. The number of amides is 1. The van der Waals surface area contributed by atoms with Crippen LogP contribution in [0.5, 0.6) is 0 Å². The van der Waals surface area contributed by atoms with Gasteiger partial charge in [-0.2, -0.15) is 11.8 Å². The van der Waals surface area contributed by atoms with Gasteiger partial charge in [0.05, 0.1) is 0 Å². The molecule has 0 aliphatic heterocycles. The molecule has 0 aliphatic rings. The largest absolute Gasteiger partial charge is 0.352 e. The molecule has 1 amide bonds. The van der Waals surface area contributed by atoms with Gasteiger partial charge in [-0.05, 0) is 49.5 Å². The van der Waals surface area contributed by atoms with Gasteiger partial charge >= 0.3 is 0 Å². The first-order chi connectivity index (χ1) is 11.7. The van der Waals surface area contributed by atoms with E-state index in [1.165, 1.54) is 11.1 Å². The van der Waals surface area contributed by atoms with Gasteiger partial charge in [-0.3, -0.25) is 4.79 Å². The first-order valence-corrected chi connectivity index (χ1v) is 9.67. The van der Waals surface area contributed by atoms with E-state index in [-0.39, 0.29) is 5.91 Å². The van der Waals surface area contributed by atoms with Gasteiger partial charge in [0.25, 0.3) is 5.91 Å². The molecule has 4 heteroatoms. The minimum atomic E-state index is 0.0173. The predicted molar refractivity (Wildman–Crippen MR) is 103 cm³/mol. The van der Waals surface area contributed by atoms with Gasteiger partial charge in [-0.25, -0.2) is 0 Å². The van der Waals surface area contributed by atoms with Crippen LogP contribution in [-0.4, -0.2) is 37.2 Å². The van der Waals surface area contributed by atoms with Crippen molar-refractivity contribution in [3.63, 3.8) is 0 Å². The molecule has 0 unspecified atom stereocenters. The zero-order valence-electron chi connectivity index (χ0n) is 14.5. The lowest BCUT2D eigenvalue weighted by Gasteiger charge is -2.16. The fourth-order valence-electron chi connectivity index (χ4n) is 2.60. The van der Waals surface area contributed by atoms with Crippen molar-refractivity contribution in [2.75, 3.05) is 26.4 Å². The summed E-state index contributed by atoms with van der Waals surface area (Å²) in [6, 6.07) is 18.3. The van der Waals surface area contributed by atoms with Crippen LogP contribution >= 0.6 is 11.8 Å². The van der Waals surface area contributed by atoms with Crippen LogP contribution < -0.4 is 5.32 Å². The second kappa shape index (κ2) is 10.2. The highest BCUT2D eigenvalue weighted by atomic mass is 32.2. The molecule has 128 valence electrons. The van der Waals surface area contributed by atoms with E-state index in [1.807, 2.05) is 24.3 Å². The number of nitrogens with one attached hydrogen (secondary N) is 1. The normalized spacial score (nSPS) is 10.8. The summed E-state index contributed by atoms with van der Waals surface area (Å²) in [5, 5.41) is 3.02. The van der Waals surface area contributed by atoms with E-state index in [0.29, 0.717) is 6.54 Å². The Labute approximate surface area is 149 Å². The topological polar surface area (TPSA) is 32.3 Å². The van der Waals surface area contributed by atoms with Crippen molar-refractivity contribution in [2.24, 2.45) is 0 Å². The van der Waals surface area contributed by atoms with Crippen LogP contribution in [0, 0.1) is 0 Å². The molecule has 0 radical (unpaired) electrons. The van der Waals surface area contributed by atoms with E-state index < -0.39 is 0 Å². The van der Waals surface area contributed by atoms with Crippen molar-refractivity contribution in [1.29, 1.82) is 0 Å². The van der Waals surface area contributed by atoms with E-state index in [9.17, 15) is 4.79 Å². The maximum Gasteiger partial charge on any atom is 0.251 e. The number of hydrogen-bond donors (Lipinski definition) is 1. The van der Waals surface area contributed by atoms with Crippen LogP contribution in [-0.2, 0) is 12.3 Å². The highest BCUT2D eigenvalue weighted by Crippen LogP contribution is 2.11. The van der Waals surface area contributed by atoms with Crippen molar-refractivity contribution in [1.82, 2.24) is 10.2 Å². The molecule has 1 N–H and O–H groups in total. The maximum atomic E-state index is 12.2. The summed E-state index contributed by atoms with van der Waals surface area (Å²) in [5.74, 6) is 0.953. The van der Waals surface area contributed by atoms with Gasteiger partial charge in [0.15, 0.2) is 0 Å². The Kier molecular flexibility index (Phi) is 7.86. The second-order valence-corrected chi connectivity index (χ2v) is 6.83. The number of nitrogens with zero attached hydrogens (tertiary/aromatic N) is 1. The number of carbonyl (C=O) groups excluding carboxylic acids is 1. The summed E-state index contributed by atoms with van der Waals surface area (Å²) in [6.07, 6.45) is 3.01. The van der Waals surface area contributed by atoms with E-state index >= 15 is 0 Å². The molecule has 0 atom stereocenters. The Balaban J connectivity index is 1.70. The van der Waals surface area contributed by atoms with Crippen molar-refractivity contribution in [2.45, 2.75) is 18.7 Å². The fraction of sp³-hybridized carbons (Fsp3) is 0.350. The molecule has 3 nitrogen and oxygen atoms in total. The van der Waals surface area contributed by atoms with E-state index in [4.69, 9.17) is 0 Å². The molecular formula is C20H26N2OS. The van der Waals surface area contributed by atoms with Crippen LogP contribution in [0.4, 0.5) is 0 Å². The third-order valence-electron chi connectivity index (χ3n) is 3.80. The molecular weight excluding hydrogens is 316 g/mol. The van der Waals surface area contributed by atoms with E-state index in [1.54, 1.807) is 11.8 Å². The molecule has 0 spiro atoms. The molecule has 0 aliphatic carbocycles. The average Bonchev–Trinajstić information content (AvgIpc) is 2.60. The third-order valence-corrected chi connectivity index (χ3v) is 4.42. The van der Waals surface area contributed by atoms with Crippen LogP contribution in [0.15, 0.2) is 54.6 Å². The van der Waals surface area contributed by atoms with Crippen molar-refractivity contribution in [3.8, 4) is 0 Å². The zero-order chi connectivity index (χ0) is 17.2. The Morgan fingerprint density at radius 3 is 2.58 bits per heavy atom. The summed E-state index contributed by atoms with van der Waals surface area (Å²) in [6.45, 7) is 2.60. The van der Waals surface area contributed by atoms with Crippen LogP contribution in [0.1, 0.15) is 27.9 Å². The molecule has 0 aromatic heterocycles. The smallest absolute Gasteiger partial charge is 0.251 e. The summed E-state index contributed by atoms with van der Waals surface area (Å²) in [4.78, 5) is 14.5. The number of thioether (sulfide) groups is 1. The standard InChI is InChI=1S/C20H26N2OS/c1-22(15-17-8-4-3-5-9-17)13-7-12-21-20(23)19-11-6-10-18(14-19)16-24-2/h3-6,8-11,14H,7,12-13,15-16H2,1-2H3,(H,21,23). The number of benzene rings is 2. The number of rotatable bonds is 9. The molecule has 2 aromatic rings. The van der Waals surface area contributed by atoms with Crippen LogP contribution in [0.2, 0.25) is 0 Å². The Morgan fingerprint density at radius 1 is 1.08 bits per heavy atom. The van der Waals surface area contributed by atoms with Crippen molar-refractivity contribution < 1.29 is 4.79 Å². The molecule has 2 rings (SSSR count). The first kappa shape index (κ1) is 18.6. The van der Waals surface area contributed by atoms with Crippen molar-refractivity contribution >= 4 is 17.7 Å². The molecule has 0 bridgehead atoms. The SMILES string of the molecule is CSCc1cccc(C(=O)NCCCN(C)Cc2ccccc2)c1. The summed E-state index contributed by atoms with van der Waals surface area (Å²) in [5.41, 5.74) is 3.26. The van der Waals surface area contributed by atoms with E-state index in [0.717, 1.165) is 30.8 Å². The van der Waals surface area contributed by atoms with Gasteiger partial charge < -0.3 is 10.2 Å². The first-order valence-electron chi connectivity index (χ1n) is 8.27.